The van der Waals surface area contributed by atoms with E-state index in [2.05, 4.69) is 28.7 Å². The van der Waals surface area contributed by atoms with Crippen molar-refractivity contribution in [2.75, 3.05) is 11.6 Å². The average molecular weight is 299 g/mol. The number of anilines is 1. The van der Waals surface area contributed by atoms with Gasteiger partial charge in [0.15, 0.2) is 0 Å². The molecule has 1 N–H and O–H groups in total. The predicted molar refractivity (Wildman–Crippen MR) is 85.6 cm³/mol. The SMILES string of the molecule is CSc1ccccc1NC(c1ccco1)c1nccn1C. The van der Waals surface area contributed by atoms with Crippen molar-refractivity contribution in [3.63, 3.8) is 0 Å². The van der Waals surface area contributed by atoms with Crippen molar-refractivity contribution in [3.05, 3.63) is 66.6 Å². The molecule has 0 radical (unpaired) electrons. The number of aromatic nitrogens is 2. The summed E-state index contributed by atoms with van der Waals surface area (Å²) in [5.41, 5.74) is 1.08. The second kappa shape index (κ2) is 6.10. The number of thioether (sulfide) groups is 1. The highest BCUT2D eigenvalue weighted by atomic mass is 32.2. The Bertz CT molecular complexity index is 706. The molecular weight excluding hydrogens is 282 g/mol. The van der Waals surface area contributed by atoms with E-state index < -0.39 is 0 Å². The third-order valence-corrected chi connectivity index (χ3v) is 4.15. The first-order valence-corrected chi connectivity index (χ1v) is 7.92. The molecule has 21 heavy (non-hydrogen) atoms. The van der Waals surface area contributed by atoms with Crippen LogP contribution in [0.15, 0.2) is 64.4 Å². The number of rotatable bonds is 5. The van der Waals surface area contributed by atoms with Gasteiger partial charge in [0.2, 0.25) is 0 Å². The van der Waals surface area contributed by atoms with Gasteiger partial charge in [-0.25, -0.2) is 4.98 Å². The second-order valence-electron chi connectivity index (χ2n) is 4.69. The molecule has 1 aromatic carbocycles. The number of nitrogens with one attached hydrogen (secondary N) is 1. The van der Waals surface area contributed by atoms with Gasteiger partial charge in [-0.1, -0.05) is 12.1 Å². The highest BCUT2D eigenvalue weighted by molar-refractivity contribution is 7.98. The molecule has 0 amide bonds. The van der Waals surface area contributed by atoms with Gasteiger partial charge in [-0.2, -0.15) is 0 Å². The Morgan fingerprint density at radius 3 is 2.76 bits per heavy atom. The lowest BCUT2D eigenvalue weighted by molar-refractivity contribution is 0.488. The molecule has 4 nitrogen and oxygen atoms in total. The van der Waals surface area contributed by atoms with E-state index in [4.69, 9.17) is 4.42 Å². The van der Waals surface area contributed by atoms with E-state index in [9.17, 15) is 0 Å². The third-order valence-electron chi connectivity index (χ3n) is 3.35. The fourth-order valence-electron chi connectivity index (χ4n) is 2.29. The van der Waals surface area contributed by atoms with E-state index in [0.717, 1.165) is 17.3 Å². The van der Waals surface area contributed by atoms with Crippen molar-refractivity contribution in [1.82, 2.24) is 9.55 Å². The zero-order chi connectivity index (χ0) is 14.7. The van der Waals surface area contributed by atoms with Gasteiger partial charge in [0.1, 0.15) is 17.6 Å². The Kier molecular flexibility index (Phi) is 4.01. The smallest absolute Gasteiger partial charge is 0.143 e. The van der Waals surface area contributed by atoms with Gasteiger partial charge in [-0.15, -0.1) is 11.8 Å². The molecular formula is C16H17N3OS. The van der Waals surface area contributed by atoms with E-state index in [-0.39, 0.29) is 6.04 Å². The van der Waals surface area contributed by atoms with E-state index in [1.807, 2.05) is 42.1 Å². The predicted octanol–water partition coefficient (Wildman–Crippen LogP) is 3.94. The minimum Gasteiger partial charge on any atom is -0.467 e. The fourth-order valence-corrected chi connectivity index (χ4v) is 2.85. The molecule has 0 saturated heterocycles. The molecule has 3 aromatic rings. The van der Waals surface area contributed by atoms with E-state index >= 15 is 0 Å². The van der Waals surface area contributed by atoms with Crippen LogP contribution in [-0.4, -0.2) is 15.8 Å². The molecule has 0 fully saturated rings. The molecule has 1 unspecified atom stereocenters. The van der Waals surface area contributed by atoms with Gasteiger partial charge in [0.25, 0.3) is 0 Å². The average Bonchev–Trinajstić information content (AvgIpc) is 3.17. The van der Waals surface area contributed by atoms with Crippen molar-refractivity contribution in [2.24, 2.45) is 7.05 Å². The molecule has 0 aliphatic rings. The maximum absolute atomic E-state index is 5.60. The minimum absolute atomic E-state index is 0.117. The number of nitrogens with zero attached hydrogens (tertiary/aromatic N) is 2. The Hall–Kier alpha value is -2.14. The fraction of sp³-hybridized carbons (Fsp3) is 0.188. The minimum atomic E-state index is -0.117. The summed E-state index contributed by atoms with van der Waals surface area (Å²) in [5.74, 6) is 1.76. The van der Waals surface area contributed by atoms with Crippen LogP contribution in [0.2, 0.25) is 0 Å². The third kappa shape index (κ3) is 2.83. The number of benzene rings is 1. The summed E-state index contributed by atoms with van der Waals surface area (Å²) >= 11 is 1.72. The largest absolute Gasteiger partial charge is 0.467 e. The second-order valence-corrected chi connectivity index (χ2v) is 5.54. The summed E-state index contributed by atoms with van der Waals surface area (Å²) in [6.45, 7) is 0. The molecule has 0 aliphatic heterocycles. The highest BCUT2D eigenvalue weighted by Gasteiger charge is 2.21. The zero-order valence-electron chi connectivity index (χ0n) is 12.0. The first-order chi connectivity index (χ1) is 10.3. The first kappa shape index (κ1) is 13.8. The Morgan fingerprint density at radius 2 is 2.10 bits per heavy atom. The topological polar surface area (TPSA) is 43.0 Å². The molecule has 5 heteroatoms. The molecule has 108 valence electrons. The van der Waals surface area contributed by atoms with Crippen LogP contribution < -0.4 is 5.32 Å². The monoisotopic (exact) mass is 299 g/mol. The van der Waals surface area contributed by atoms with Crippen molar-refractivity contribution < 1.29 is 4.42 Å². The summed E-state index contributed by atoms with van der Waals surface area (Å²) in [6.07, 6.45) is 7.50. The van der Waals surface area contributed by atoms with Gasteiger partial charge < -0.3 is 14.3 Å². The van der Waals surface area contributed by atoms with E-state index in [0.29, 0.717) is 0 Å². The number of hydrogen-bond acceptors (Lipinski definition) is 4. The van der Waals surface area contributed by atoms with Crippen molar-refractivity contribution in [1.29, 1.82) is 0 Å². The molecule has 1 atom stereocenters. The molecule has 2 heterocycles. The standard InChI is InChI=1S/C16H17N3OS/c1-19-10-9-17-16(19)15(13-7-5-11-20-13)18-12-6-3-4-8-14(12)21-2/h3-11,15,18H,1-2H3. The van der Waals surface area contributed by atoms with Crippen molar-refractivity contribution >= 4 is 17.4 Å². The van der Waals surface area contributed by atoms with Crippen LogP contribution in [0, 0.1) is 0 Å². The van der Waals surface area contributed by atoms with Crippen LogP contribution in [0.5, 0.6) is 0 Å². The number of para-hydroxylation sites is 1. The Morgan fingerprint density at radius 1 is 1.24 bits per heavy atom. The highest BCUT2D eigenvalue weighted by Crippen LogP contribution is 2.31. The van der Waals surface area contributed by atoms with Gasteiger partial charge in [-0.05, 0) is 30.5 Å². The van der Waals surface area contributed by atoms with Crippen LogP contribution in [0.1, 0.15) is 17.6 Å². The normalized spacial score (nSPS) is 12.3. The molecule has 0 aliphatic carbocycles. The van der Waals surface area contributed by atoms with Crippen LogP contribution in [0.4, 0.5) is 5.69 Å². The molecule has 3 rings (SSSR count). The maximum Gasteiger partial charge on any atom is 0.143 e. The van der Waals surface area contributed by atoms with Crippen LogP contribution >= 0.6 is 11.8 Å². The lowest BCUT2D eigenvalue weighted by atomic mass is 10.2. The van der Waals surface area contributed by atoms with Gasteiger partial charge in [-0.3, -0.25) is 0 Å². The van der Waals surface area contributed by atoms with E-state index in [1.54, 1.807) is 24.2 Å². The first-order valence-electron chi connectivity index (χ1n) is 6.70. The number of hydrogen-bond donors (Lipinski definition) is 1. The molecule has 0 spiro atoms. The lowest BCUT2D eigenvalue weighted by Gasteiger charge is -2.19. The van der Waals surface area contributed by atoms with Crippen LogP contribution in [0.3, 0.4) is 0 Å². The number of furan rings is 1. The van der Waals surface area contributed by atoms with E-state index in [1.165, 1.54) is 4.90 Å². The van der Waals surface area contributed by atoms with Crippen molar-refractivity contribution in [3.8, 4) is 0 Å². The van der Waals surface area contributed by atoms with Gasteiger partial charge in [0.05, 0.1) is 6.26 Å². The van der Waals surface area contributed by atoms with Crippen LogP contribution in [0.25, 0.3) is 0 Å². The maximum atomic E-state index is 5.60. The Balaban J connectivity index is 1.99. The number of aryl methyl sites for hydroxylation is 1. The number of imidazole rings is 1. The molecule has 0 bridgehead atoms. The summed E-state index contributed by atoms with van der Waals surface area (Å²) in [6, 6.07) is 12.0. The quantitative estimate of drug-likeness (QED) is 0.725. The molecule has 0 saturated carbocycles. The summed E-state index contributed by atoms with van der Waals surface area (Å²) < 4.78 is 7.60. The summed E-state index contributed by atoms with van der Waals surface area (Å²) in [4.78, 5) is 5.65. The lowest BCUT2D eigenvalue weighted by Crippen LogP contribution is -2.16. The van der Waals surface area contributed by atoms with Gasteiger partial charge in [0, 0.05) is 30.0 Å². The van der Waals surface area contributed by atoms with Gasteiger partial charge >= 0.3 is 0 Å². The van der Waals surface area contributed by atoms with Crippen LogP contribution in [-0.2, 0) is 7.05 Å². The summed E-state index contributed by atoms with van der Waals surface area (Å²) in [5, 5.41) is 3.55. The van der Waals surface area contributed by atoms with Crippen molar-refractivity contribution in [2.45, 2.75) is 10.9 Å². The summed E-state index contributed by atoms with van der Waals surface area (Å²) in [7, 11) is 1.99. The molecule has 2 aromatic heterocycles. The zero-order valence-corrected chi connectivity index (χ0v) is 12.8. The Labute approximate surface area is 128 Å².